The lowest BCUT2D eigenvalue weighted by Crippen LogP contribution is -2.11. The standard InChI is InChI=1S/C15H18N2/c1-11-5-4-6-14(9-11)17(3)15-10-13(16)8-7-12(15)2/h4-10H,16H2,1-3H3. The van der Waals surface area contributed by atoms with E-state index in [1.165, 1.54) is 16.8 Å². The lowest BCUT2D eigenvalue weighted by Gasteiger charge is -2.22. The SMILES string of the molecule is Cc1cccc(N(C)c2cc(N)ccc2C)c1. The maximum Gasteiger partial charge on any atom is 0.0458 e. The van der Waals surface area contributed by atoms with Crippen molar-refractivity contribution in [1.29, 1.82) is 0 Å². The first-order chi connectivity index (χ1) is 8.08. The Morgan fingerprint density at radius 3 is 2.47 bits per heavy atom. The van der Waals surface area contributed by atoms with E-state index in [0.29, 0.717) is 0 Å². The Balaban J connectivity index is 2.43. The maximum atomic E-state index is 5.85. The van der Waals surface area contributed by atoms with E-state index in [0.717, 1.165) is 11.4 Å². The molecule has 2 nitrogen and oxygen atoms in total. The molecule has 2 N–H and O–H groups in total. The van der Waals surface area contributed by atoms with Gasteiger partial charge < -0.3 is 10.6 Å². The smallest absolute Gasteiger partial charge is 0.0458 e. The van der Waals surface area contributed by atoms with Gasteiger partial charge in [0.2, 0.25) is 0 Å². The fourth-order valence-electron chi connectivity index (χ4n) is 1.96. The molecule has 2 rings (SSSR count). The lowest BCUT2D eigenvalue weighted by atomic mass is 10.1. The fourth-order valence-corrected chi connectivity index (χ4v) is 1.96. The van der Waals surface area contributed by atoms with Gasteiger partial charge >= 0.3 is 0 Å². The van der Waals surface area contributed by atoms with Crippen LogP contribution in [-0.2, 0) is 0 Å². The second kappa shape index (κ2) is 4.50. The highest BCUT2D eigenvalue weighted by Gasteiger charge is 2.07. The molecule has 0 fully saturated rings. The average Bonchev–Trinajstić information content (AvgIpc) is 2.31. The van der Waals surface area contributed by atoms with Gasteiger partial charge in [0.15, 0.2) is 0 Å². The summed E-state index contributed by atoms with van der Waals surface area (Å²) in [7, 11) is 2.07. The van der Waals surface area contributed by atoms with Crippen molar-refractivity contribution in [3.05, 3.63) is 53.6 Å². The molecule has 0 atom stereocenters. The Kier molecular flexibility index (Phi) is 3.05. The number of nitrogen functional groups attached to an aromatic ring is 1. The first kappa shape index (κ1) is 11.5. The summed E-state index contributed by atoms with van der Waals surface area (Å²) in [5.41, 5.74) is 11.5. The Labute approximate surface area is 103 Å². The molecule has 0 radical (unpaired) electrons. The van der Waals surface area contributed by atoms with Crippen LogP contribution in [0.5, 0.6) is 0 Å². The van der Waals surface area contributed by atoms with Crippen LogP contribution in [0.4, 0.5) is 17.1 Å². The summed E-state index contributed by atoms with van der Waals surface area (Å²) >= 11 is 0. The molecule has 2 heteroatoms. The van der Waals surface area contributed by atoms with E-state index in [4.69, 9.17) is 5.73 Å². The van der Waals surface area contributed by atoms with E-state index in [2.05, 4.69) is 56.1 Å². The van der Waals surface area contributed by atoms with Crippen molar-refractivity contribution in [3.8, 4) is 0 Å². The Hall–Kier alpha value is -1.96. The first-order valence-electron chi connectivity index (χ1n) is 5.74. The number of benzene rings is 2. The van der Waals surface area contributed by atoms with Crippen molar-refractivity contribution in [2.75, 3.05) is 17.7 Å². The molecule has 88 valence electrons. The van der Waals surface area contributed by atoms with E-state index in [9.17, 15) is 0 Å². The van der Waals surface area contributed by atoms with Gasteiger partial charge in [0, 0.05) is 24.1 Å². The summed E-state index contributed by atoms with van der Waals surface area (Å²) in [5.74, 6) is 0. The van der Waals surface area contributed by atoms with E-state index in [-0.39, 0.29) is 0 Å². The summed E-state index contributed by atoms with van der Waals surface area (Å²) in [6.07, 6.45) is 0. The van der Waals surface area contributed by atoms with E-state index >= 15 is 0 Å². The molecule has 0 saturated carbocycles. The zero-order valence-corrected chi connectivity index (χ0v) is 10.6. The molecule has 2 aromatic rings. The minimum absolute atomic E-state index is 0.796. The van der Waals surface area contributed by atoms with Crippen LogP contribution in [0.25, 0.3) is 0 Å². The third-order valence-corrected chi connectivity index (χ3v) is 2.98. The third kappa shape index (κ3) is 2.41. The predicted molar refractivity (Wildman–Crippen MR) is 74.8 cm³/mol. The van der Waals surface area contributed by atoms with Gasteiger partial charge in [-0.05, 0) is 49.2 Å². The molecular weight excluding hydrogens is 208 g/mol. The molecule has 0 aliphatic heterocycles. The summed E-state index contributed by atoms with van der Waals surface area (Å²) in [5, 5.41) is 0. The molecule has 17 heavy (non-hydrogen) atoms. The van der Waals surface area contributed by atoms with Crippen molar-refractivity contribution in [2.24, 2.45) is 0 Å². The van der Waals surface area contributed by atoms with Crippen LogP contribution in [0.3, 0.4) is 0 Å². The van der Waals surface area contributed by atoms with Gasteiger partial charge in [0.25, 0.3) is 0 Å². The van der Waals surface area contributed by atoms with Crippen molar-refractivity contribution in [3.63, 3.8) is 0 Å². The molecule has 0 heterocycles. The normalized spacial score (nSPS) is 10.3. The summed E-state index contributed by atoms with van der Waals surface area (Å²) in [6.45, 7) is 4.20. The van der Waals surface area contributed by atoms with Gasteiger partial charge in [-0.1, -0.05) is 18.2 Å². The molecule has 0 saturated heterocycles. The van der Waals surface area contributed by atoms with Gasteiger partial charge in [0.05, 0.1) is 0 Å². The summed E-state index contributed by atoms with van der Waals surface area (Å²) in [6, 6.07) is 14.4. The number of anilines is 3. The topological polar surface area (TPSA) is 29.3 Å². The van der Waals surface area contributed by atoms with Gasteiger partial charge in [-0.25, -0.2) is 0 Å². The van der Waals surface area contributed by atoms with Crippen LogP contribution in [-0.4, -0.2) is 7.05 Å². The van der Waals surface area contributed by atoms with Crippen LogP contribution in [0.15, 0.2) is 42.5 Å². The van der Waals surface area contributed by atoms with Crippen LogP contribution < -0.4 is 10.6 Å². The molecule has 0 bridgehead atoms. The molecule has 0 aliphatic rings. The van der Waals surface area contributed by atoms with Crippen molar-refractivity contribution < 1.29 is 0 Å². The number of rotatable bonds is 2. The third-order valence-electron chi connectivity index (χ3n) is 2.98. The second-order valence-corrected chi connectivity index (χ2v) is 4.44. The summed E-state index contributed by atoms with van der Waals surface area (Å²) < 4.78 is 0. The zero-order chi connectivity index (χ0) is 12.4. The molecule has 0 aliphatic carbocycles. The van der Waals surface area contributed by atoms with E-state index < -0.39 is 0 Å². The number of aryl methyl sites for hydroxylation is 2. The van der Waals surface area contributed by atoms with Gasteiger partial charge in [-0.15, -0.1) is 0 Å². The minimum Gasteiger partial charge on any atom is -0.399 e. The summed E-state index contributed by atoms with van der Waals surface area (Å²) in [4.78, 5) is 2.17. The molecule has 0 aromatic heterocycles. The Bertz CT molecular complexity index is 532. The average molecular weight is 226 g/mol. The highest BCUT2D eigenvalue weighted by atomic mass is 15.1. The van der Waals surface area contributed by atoms with E-state index in [1.807, 2.05) is 12.1 Å². The monoisotopic (exact) mass is 226 g/mol. The fraction of sp³-hybridized carbons (Fsp3) is 0.200. The maximum absolute atomic E-state index is 5.85. The minimum atomic E-state index is 0.796. The number of nitrogens with two attached hydrogens (primary N) is 1. The second-order valence-electron chi connectivity index (χ2n) is 4.44. The van der Waals surface area contributed by atoms with Gasteiger partial charge in [-0.2, -0.15) is 0 Å². The highest BCUT2D eigenvalue weighted by Crippen LogP contribution is 2.28. The molecule has 0 unspecified atom stereocenters. The van der Waals surface area contributed by atoms with Crippen molar-refractivity contribution in [2.45, 2.75) is 13.8 Å². The molecule has 2 aromatic carbocycles. The first-order valence-corrected chi connectivity index (χ1v) is 5.74. The zero-order valence-electron chi connectivity index (χ0n) is 10.6. The van der Waals surface area contributed by atoms with Crippen LogP contribution >= 0.6 is 0 Å². The Morgan fingerprint density at radius 2 is 1.76 bits per heavy atom. The molecular formula is C15H18N2. The van der Waals surface area contributed by atoms with E-state index in [1.54, 1.807) is 0 Å². The lowest BCUT2D eigenvalue weighted by molar-refractivity contribution is 1.18. The van der Waals surface area contributed by atoms with Crippen LogP contribution in [0.2, 0.25) is 0 Å². The number of hydrogen-bond donors (Lipinski definition) is 1. The van der Waals surface area contributed by atoms with Gasteiger partial charge in [0.1, 0.15) is 0 Å². The molecule has 0 amide bonds. The Morgan fingerprint density at radius 1 is 1.00 bits per heavy atom. The largest absolute Gasteiger partial charge is 0.399 e. The molecule has 0 spiro atoms. The van der Waals surface area contributed by atoms with Gasteiger partial charge in [-0.3, -0.25) is 0 Å². The van der Waals surface area contributed by atoms with Crippen molar-refractivity contribution >= 4 is 17.1 Å². The predicted octanol–water partition coefficient (Wildman–Crippen LogP) is 3.65. The number of nitrogens with zero attached hydrogens (tertiary/aromatic N) is 1. The quantitative estimate of drug-likeness (QED) is 0.792. The van der Waals surface area contributed by atoms with Crippen LogP contribution in [0.1, 0.15) is 11.1 Å². The highest BCUT2D eigenvalue weighted by molar-refractivity contribution is 5.69. The number of hydrogen-bond acceptors (Lipinski definition) is 2. The van der Waals surface area contributed by atoms with Crippen LogP contribution in [0, 0.1) is 13.8 Å². The van der Waals surface area contributed by atoms with Crippen molar-refractivity contribution in [1.82, 2.24) is 0 Å².